The normalized spacial score (nSPS) is 13.1. The maximum atomic E-state index is 13.2. The largest absolute Gasteiger partial charge is 0.462 e. The Morgan fingerprint density at radius 3 is 1.05 bits per heavy atom. The molecular weight excluding hydrogens is 719 g/mol. The first kappa shape index (κ1) is 56.9. The minimum absolute atomic E-state index is 0.0877. The van der Waals surface area contributed by atoms with Crippen LogP contribution in [0.15, 0.2) is 0 Å². The third kappa shape index (κ3) is 41.6. The van der Waals surface area contributed by atoms with Crippen molar-refractivity contribution in [3.63, 3.8) is 0 Å². The Morgan fingerprint density at radius 1 is 0.431 bits per heavy atom. The molecule has 6 heteroatoms. The van der Waals surface area contributed by atoms with Gasteiger partial charge in [0.15, 0.2) is 0 Å². The summed E-state index contributed by atoms with van der Waals surface area (Å²) in [6, 6.07) is -0.691. The van der Waals surface area contributed by atoms with Gasteiger partial charge in [-0.15, -0.1) is 0 Å². The van der Waals surface area contributed by atoms with Gasteiger partial charge >= 0.3 is 5.97 Å². The molecule has 0 rings (SSSR count). The average molecular weight is 822 g/mol. The number of nitrogens with one attached hydrogen (secondary N) is 1. The summed E-state index contributed by atoms with van der Waals surface area (Å²) in [4.78, 5) is 26.1. The maximum absolute atomic E-state index is 13.2. The number of hydrogen-bond donors (Lipinski definition) is 3. The van der Waals surface area contributed by atoms with Crippen molar-refractivity contribution >= 4 is 11.9 Å². The van der Waals surface area contributed by atoms with E-state index in [0.29, 0.717) is 19.3 Å². The minimum Gasteiger partial charge on any atom is -0.462 e. The van der Waals surface area contributed by atoms with Gasteiger partial charge in [-0.05, 0) is 25.7 Å². The Labute approximate surface area is 362 Å². The Morgan fingerprint density at radius 2 is 0.724 bits per heavy atom. The number of carbonyl (C=O) groups is 2. The van der Waals surface area contributed by atoms with Crippen LogP contribution in [0.25, 0.3) is 0 Å². The van der Waals surface area contributed by atoms with E-state index in [9.17, 15) is 19.8 Å². The number of rotatable bonds is 48. The van der Waals surface area contributed by atoms with E-state index < -0.39 is 18.2 Å². The highest BCUT2D eigenvalue weighted by Crippen LogP contribution is 2.19. The number of carbonyl (C=O) groups excluding carboxylic acids is 2. The van der Waals surface area contributed by atoms with Crippen LogP contribution in [-0.4, -0.2) is 46.9 Å². The molecule has 0 bridgehead atoms. The van der Waals surface area contributed by atoms with Crippen LogP contribution in [0, 0.1) is 0 Å². The molecule has 0 spiro atoms. The van der Waals surface area contributed by atoms with Crippen LogP contribution < -0.4 is 5.32 Å². The van der Waals surface area contributed by atoms with Gasteiger partial charge in [-0.3, -0.25) is 9.59 Å². The lowest BCUT2D eigenvalue weighted by atomic mass is 10.0. The van der Waals surface area contributed by atoms with Gasteiger partial charge in [0.2, 0.25) is 5.91 Å². The zero-order valence-electron chi connectivity index (χ0n) is 39.5. The molecule has 3 atom stereocenters. The molecule has 0 aromatic heterocycles. The predicted molar refractivity (Wildman–Crippen MR) is 250 cm³/mol. The zero-order valence-corrected chi connectivity index (χ0v) is 39.5. The van der Waals surface area contributed by atoms with Crippen molar-refractivity contribution in [3.8, 4) is 0 Å². The summed E-state index contributed by atoms with van der Waals surface area (Å²) < 4.78 is 5.93. The highest BCUT2D eigenvalue weighted by Gasteiger charge is 2.24. The Bertz CT molecular complexity index is 837. The number of aliphatic hydroxyl groups excluding tert-OH is 2. The monoisotopic (exact) mass is 822 g/mol. The lowest BCUT2D eigenvalue weighted by Gasteiger charge is -2.24. The van der Waals surface area contributed by atoms with Crippen LogP contribution >= 0.6 is 0 Å². The molecule has 0 fully saturated rings. The molecule has 0 aromatic carbocycles. The summed E-state index contributed by atoms with van der Waals surface area (Å²) in [6.45, 7) is 6.51. The van der Waals surface area contributed by atoms with Crippen LogP contribution in [-0.2, 0) is 14.3 Å². The van der Waals surface area contributed by atoms with E-state index in [-0.39, 0.29) is 24.9 Å². The molecule has 3 unspecified atom stereocenters. The molecule has 3 N–H and O–H groups in total. The molecule has 0 heterocycles. The molecule has 0 aliphatic rings. The second kappa shape index (κ2) is 46.9. The molecule has 1 amide bonds. The van der Waals surface area contributed by atoms with Crippen molar-refractivity contribution in [1.82, 2.24) is 5.32 Å². The fraction of sp³-hybridized carbons (Fsp3) is 0.962. The summed E-state index contributed by atoms with van der Waals surface area (Å²) >= 11 is 0. The standard InChI is InChI=1S/C52H103NO5/c1-4-7-10-13-16-19-22-24-26-28-30-32-35-38-41-44-50(55)49(47-54)53-51(56)46-48(58-52(57)45-42-39-36-33-21-18-15-12-9-6-3)43-40-37-34-31-29-27-25-23-20-17-14-11-8-5-2/h48-50,54-55H,4-47H2,1-3H3,(H,53,56). The van der Waals surface area contributed by atoms with Crippen molar-refractivity contribution in [1.29, 1.82) is 0 Å². The fourth-order valence-electron chi connectivity index (χ4n) is 8.43. The van der Waals surface area contributed by atoms with Crippen LogP contribution in [0.2, 0.25) is 0 Å². The Balaban J connectivity index is 4.47. The summed E-state index contributed by atoms with van der Waals surface area (Å²) in [7, 11) is 0. The van der Waals surface area contributed by atoms with Crippen molar-refractivity contribution in [2.75, 3.05) is 6.61 Å². The molecule has 0 aromatic rings. The molecule has 0 aliphatic heterocycles. The predicted octanol–water partition coefficient (Wildman–Crippen LogP) is 15.6. The van der Waals surface area contributed by atoms with Crippen LogP contribution in [0.3, 0.4) is 0 Å². The number of aliphatic hydroxyl groups is 2. The highest BCUT2D eigenvalue weighted by atomic mass is 16.5. The van der Waals surface area contributed by atoms with Crippen molar-refractivity contribution < 1.29 is 24.5 Å². The van der Waals surface area contributed by atoms with Gasteiger partial charge in [-0.1, -0.05) is 258 Å². The first-order valence-electron chi connectivity index (χ1n) is 26.3. The van der Waals surface area contributed by atoms with Crippen molar-refractivity contribution in [3.05, 3.63) is 0 Å². The summed E-state index contributed by atoms with van der Waals surface area (Å²) in [5.41, 5.74) is 0. The molecule has 58 heavy (non-hydrogen) atoms. The quantitative estimate of drug-likeness (QED) is 0.0420. The van der Waals surface area contributed by atoms with Gasteiger partial charge in [0.05, 0.1) is 25.2 Å². The zero-order chi connectivity index (χ0) is 42.4. The number of hydrogen-bond acceptors (Lipinski definition) is 5. The van der Waals surface area contributed by atoms with Gasteiger partial charge in [-0.25, -0.2) is 0 Å². The van der Waals surface area contributed by atoms with Crippen molar-refractivity contribution in [2.45, 2.75) is 315 Å². The molecule has 346 valence electrons. The Hall–Kier alpha value is -1.14. The first-order chi connectivity index (χ1) is 28.5. The second-order valence-corrected chi connectivity index (χ2v) is 18.3. The van der Waals surface area contributed by atoms with Gasteiger partial charge in [0.25, 0.3) is 0 Å². The average Bonchev–Trinajstić information content (AvgIpc) is 3.22. The molecular formula is C52H103NO5. The van der Waals surface area contributed by atoms with Crippen LogP contribution in [0.5, 0.6) is 0 Å². The number of esters is 1. The topological polar surface area (TPSA) is 95.9 Å². The molecule has 0 radical (unpaired) electrons. The van der Waals surface area contributed by atoms with Crippen LogP contribution in [0.1, 0.15) is 297 Å². The van der Waals surface area contributed by atoms with Gasteiger partial charge in [-0.2, -0.15) is 0 Å². The number of amides is 1. The smallest absolute Gasteiger partial charge is 0.306 e. The molecule has 0 saturated heterocycles. The molecule has 0 aliphatic carbocycles. The second-order valence-electron chi connectivity index (χ2n) is 18.3. The van der Waals surface area contributed by atoms with E-state index in [1.54, 1.807) is 0 Å². The first-order valence-corrected chi connectivity index (χ1v) is 26.3. The number of ether oxygens (including phenoxy) is 1. The Kier molecular flexibility index (Phi) is 46.0. The van der Waals surface area contributed by atoms with E-state index in [1.807, 2.05) is 0 Å². The molecule has 0 saturated carbocycles. The summed E-state index contributed by atoms with van der Waals surface area (Å²) in [6.07, 6.45) is 50.2. The minimum atomic E-state index is -0.779. The lowest BCUT2D eigenvalue weighted by Crippen LogP contribution is -2.46. The summed E-state index contributed by atoms with van der Waals surface area (Å²) in [5, 5.41) is 23.8. The summed E-state index contributed by atoms with van der Waals surface area (Å²) in [5.74, 6) is -0.452. The van der Waals surface area contributed by atoms with E-state index in [4.69, 9.17) is 4.74 Å². The third-order valence-electron chi connectivity index (χ3n) is 12.4. The highest BCUT2D eigenvalue weighted by molar-refractivity contribution is 5.77. The van der Waals surface area contributed by atoms with Gasteiger partial charge in [0, 0.05) is 6.42 Å². The van der Waals surface area contributed by atoms with E-state index in [1.165, 1.54) is 205 Å². The SMILES string of the molecule is CCCCCCCCCCCCCCCCCC(O)C(CO)NC(=O)CC(CCCCCCCCCCCCCCCC)OC(=O)CCCCCCCCCCCC. The number of unbranched alkanes of at least 4 members (excludes halogenated alkanes) is 36. The fourth-order valence-corrected chi connectivity index (χ4v) is 8.43. The van der Waals surface area contributed by atoms with Crippen LogP contribution in [0.4, 0.5) is 0 Å². The maximum Gasteiger partial charge on any atom is 0.306 e. The van der Waals surface area contributed by atoms with Gasteiger partial charge < -0.3 is 20.3 Å². The van der Waals surface area contributed by atoms with Gasteiger partial charge in [0.1, 0.15) is 6.10 Å². The van der Waals surface area contributed by atoms with E-state index in [0.717, 1.165) is 44.9 Å². The molecule has 6 nitrogen and oxygen atoms in total. The van der Waals surface area contributed by atoms with E-state index >= 15 is 0 Å². The van der Waals surface area contributed by atoms with Crippen molar-refractivity contribution in [2.24, 2.45) is 0 Å². The lowest BCUT2D eigenvalue weighted by molar-refractivity contribution is -0.151. The third-order valence-corrected chi connectivity index (χ3v) is 12.4. The van der Waals surface area contributed by atoms with E-state index in [2.05, 4.69) is 26.1 Å².